The lowest BCUT2D eigenvalue weighted by Gasteiger charge is -2.35. The number of hydrogen-bond donors (Lipinski definition) is 0. The van der Waals surface area contributed by atoms with Crippen LogP contribution in [0.15, 0.2) is 89.3 Å². The van der Waals surface area contributed by atoms with Crippen LogP contribution in [0.25, 0.3) is 0 Å². The number of anilines is 1. The van der Waals surface area contributed by atoms with Gasteiger partial charge in [-0.2, -0.15) is 0 Å². The van der Waals surface area contributed by atoms with Crippen LogP contribution in [0.2, 0.25) is 0 Å². The van der Waals surface area contributed by atoms with Gasteiger partial charge in [0, 0.05) is 57.1 Å². The van der Waals surface area contributed by atoms with E-state index in [2.05, 4.69) is 9.80 Å². The molecule has 0 N–H and O–H groups in total. The number of hydrogen-bond acceptors (Lipinski definition) is 7. The molecular weight excluding hydrogens is 539 g/mol. The van der Waals surface area contributed by atoms with Gasteiger partial charge in [-0.15, -0.1) is 0 Å². The fraction of sp³-hybridized carbons (Fsp3) is 0.281. The van der Waals surface area contributed by atoms with Gasteiger partial charge < -0.3 is 19.0 Å². The normalized spacial score (nSPS) is 13.4. The minimum absolute atomic E-state index is 0.0511. The zero-order valence-corrected chi connectivity index (χ0v) is 23.4. The van der Waals surface area contributed by atoms with Gasteiger partial charge >= 0.3 is 0 Å². The number of non-ortho nitro benzene ring substituents is 1. The summed E-state index contributed by atoms with van der Waals surface area (Å²) in [5, 5.41) is 10.9. The first kappa shape index (κ1) is 28.8. The minimum Gasteiger partial charge on any atom is -0.494 e. The summed E-state index contributed by atoms with van der Waals surface area (Å²) in [6.07, 6.45) is 0. The third kappa shape index (κ3) is 7.32. The zero-order chi connectivity index (χ0) is 29.5. The van der Waals surface area contributed by atoms with Gasteiger partial charge in [0.25, 0.3) is 11.6 Å². The number of carbonyl (C=O) groups is 1. The van der Waals surface area contributed by atoms with Crippen molar-refractivity contribution >= 4 is 17.3 Å². The van der Waals surface area contributed by atoms with Gasteiger partial charge in [-0.25, -0.2) is 4.39 Å². The fourth-order valence-electron chi connectivity index (χ4n) is 5.08. The van der Waals surface area contributed by atoms with Gasteiger partial charge in [-0.3, -0.25) is 19.8 Å². The lowest BCUT2D eigenvalue weighted by Crippen LogP contribution is -2.48. The lowest BCUT2D eigenvalue weighted by atomic mass is 10.1. The van der Waals surface area contributed by atoms with Crippen LogP contribution in [0.4, 0.5) is 15.8 Å². The van der Waals surface area contributed by atoms with Crippen LogP contribution >= 0.6 is 0 Å². The monoisotopic (exact) mass is 572 g/mol. The zero-order valence-electron chi connectivity index (χ0n) is 23.4. The van der Waals surface area contributed by atoms with Gasteiger partial charge in [-0.1, -0.05) is 24.3 Å². The number of amides is 1. The number of nitro groups is 1. The van der Waals surface area contributed by atoms with Gasteiger partial charge in [-0.05, 0) is 66.6 Å². The number of rotatable bonds is 11. The molecule has 1 saturated heterocycles. The first-order chi connectivity index (χ1) is 20.4. The van der Waals surface area contributed by atoms with Crippen LogP contribution in [0.1, 0.15) is 34.4 Å². The molecule has 0 atom stereocenters. The second-order valence-electron chi connectivity index (χ2n) is 10.2. The topological polar surface area (TPSA) is 92.3 Å². The van der Waals surface area contributed by atoms with E-state index >= 15 is 0 Å². The largest absolute Gasteiger partial charge is 0.494 e. The second kappa shape index (κ2) is 13.3. The van der Waals surface area contributed by atoms with Crippen LogP contribution in [-0.4, -0.2) is 53.4 Å². The quantitative estimate of drug-likeness (QED) is 0.163. The van der Waals surface area contributed by atoms with Gasteiger partial charge in [0.1, 0.15) is 17.3 Å². The molecular formula is C32H33FN4O5. The molecule has 0 bridgehead atoms. The maximum absolute atomic E-state index is 13.9. The van der Waals surface area contributed by atoms with E-state index in [4.69, 9.17) is 9.15 Å². The van der Waals surface area contributed by atoms with Crippen molar-refractivity contribution < 1.29 is 23.3 Å². The summed E-state index contributed by atoms with van der Waals surface area (Å²) in [5.74, 6) is 1.27. The molecule has 0 spiro atoms. The smallest absolute Gasteiger partial charge is 0.289 e. The van der Waals surface area contributed by atoms with Gasteiger partial charge in [0.2, 0.25) is 0 Å². The average molecular weight is 573 g/mol. The summed E-state index contributed by atoms with van der Waals surface area (Å²) in [6.45, 7) is 6.31. The molecule has 5 rings (SSSR count). The SMILES string of the molecule is CCOc1ccc(CN(Cc2cccc(F)c2)Cc2ccc(C(=O)N3CCN(c4ccc([N+](=O)[O-])cc4)CC3)o2)cc1. The second-order valence-corrected chi connectivity index (χ2v) is 10.2. The summed E-state index contributed by atoms with van der Waals surface area (Å²) >= 11 is 0. The van der Waals surface area contributed by atoms with Gasteiger partial charge in [0.15, 0.2) is 5.76 Å². The van der Waals surface area contributed by atoms with Crippen molar-refractivity contribution in [3.63, 3.8) is 0 Å². The van der Waals surface area contributed by atoms with E-state index in [-0.39, 0.29) is 23.2 Å². The Balaban J connectivity index is 1.22. The van der Waals surface area contributed by atoms with Crippen LogP contribution < -0.4 is 9.64 Å². The molecule has 2 heterocycles. The number of piperazine rings is 1. The first-order valence-electron chi connectivity index (χ1n) is 13.9. The maximum Gasteiger partial charge on any atom is 0.289 e. The van der Waals surface area contributed by atoms with Crippen molar-refractivity contribution in [1.82, 2.24) is 9.80 Å². The Labute approximate surface area is 243 Å². The van der Waals surface area contributed by atoms with E-state index in [0.29, 0.717) is 58.2 Å². The van der Waals surface area contributed by atoms with Crippen LogP contribution in [0.3, 0.4) is 0 Å². The fourth-order valence-corrected chi connectivity index (χ4v) is 5.08. The highest BCUT2D eigenvalue weighted by Crippen LogP contribution is 2.23. The predicted octanol–water partition coefficient (Wildman–Crippen LogP) is 5.89. The number of carbonyl (C=O) groups excluding carboxylic acids is 1. The molecule has 218 valence electrons. The summed E-state index contributed by atoms with van der Waals surface area (Å²) in [6, 6.07) is 24.4. The number of nitrogens with zero attached hydrogens (tertiary/aromatic N) is 4. The minimum atomic E-state index is -0.418. The van der Waals surface area contributed by atoms with Crippen LogP contribution in [0.5, 0.6) is 5.75 Å². The average Bonchev–Trinajstić information content (AvgIpc) is 3.46. The van der Waals surface area contributed by atoms with E-state index in [9.17, 15) is 19.3 Å². The van der Waals surface area contributed by atoms with Crippen molar-refractivity contribution in [2.24, 2.45) is 0 Å². The third-order valence-corrected chi connectivity index (χ3v) is 7.18. The molecule has 10 heteroatoms. The molecule has 0 saturated carbocycles. The number of halogens is 1. The Morgan fingerprint density at radius 1 is 0.929 bits per heavy atom. The highest BCUT2D eigenvalue weighted by atomic mass is 19.1. The molecule has 1 aromatic heterocycles. The predicted molar refractivity (Wildman–Crippen MR) is 157 cm³/mol. The van der Waals surface area contributed by atoms with Crippen molar-refractivity contribution in [3.05, 3.63) is 124 Å². The Bertz CT molecular complexity index is 1500. The Hall–Kier alpha value is -4.70. The molecule has 0 unspecified atom stereocenters. The van der Waals surface area contributed by atoms with E-state index in [1.807, 2.05) is 43.3 Å². The van der Waals surface area contributed by atoms with Gasteiger partial charge in [0.05, 0.1) is 18.1 Å². The molecule has 1 aliphatic heterocycles. The summed E-state index contributed by atoms with van der Waals surface area (Å²) in [5.41, 5.74) is 2.85. The molecule has 1 fully saturated rings. The third-order valence-electron chi connectivity index (χ3n) is 7.18. The molecule has 1 aliphatic rings. The summed E-state index contributed by atoms with van der Waals surface area (Å²) in [7, 11) is 0. The van der Waals surface area contributed by atoms with E-state index in [0.717, 1.165) is 22.6 Å². The molecule has 4 aromatic rings. The Morgan fingerprint density at radius 2 is 1.64 bits per heavy atom. The van der Waals surface area contributed by atoms with Crippen LogP contribution in [-0.2, 0) is 19.6 Å². The molecule has 0 radical (unpaired) electrons. The Kier molecular flexibility index (Phi) is 9.13. The summed E-state index contributed by atoms with van der Waals surface area (Å²) in [4.78, 5) is 29.8. The van der Waals surface area contributed by atoms with E-state index < -0.39 is 4.92 Å². The molecule has 9 nitrogen and oxygen atoms in total. The number of ether oxygens (including phenoxy) is 1. The van der Waals surface area contributed by atoms with Crippen molar-refractivity contribution in [2.45, 2.75) is 26.6 Å². The van der Waals surface area contributed by atoms with Crippen molar-refractivity contribution in [1.29, 1.82) is 0 Å². The number of benzene rings is 3. The maximum atomic E-state index is 13.9. The lowest BCUT2D eigenvalue weighted by molar-refractivity contribution is -0.384. The van der Waals surface area contributed by atoms with Crippen molar-refractivity contribution in [3.8, 4) is 5.75 Å². The number of nitro benzene ring substituents is 1. The highest BCUT2D eigenvalue weighted by Gasteiger charge is 2.25. The first-order valence-corrected chi connectivity index (χ1v) is 13.9. The summed E-state index contributed by atoms with van der Waals surface area (Å²) < 4.78 is 25.5. The Morgan fingerprint density at radius 3 is 2.31 bits per heavy atom. The highest BCUT2D eigenvalue weighted by molar-refractivity contribution is 5.91. The number of furan rings is 1. The van der Waals surface area contributed by atoms with E-state index in [1.54, 1.807) is 29.2 Å². The molecule has 0 aliphatic carbocycles. The van der Waals surface area contributed by atoms with Crippen molar-refractivity contribution in [2.75, 3.05) is 37.7 Å². The molecule has 1 amide bonds. The molecule has 42 heavy (non-hydrogen) atoms. The standard InChI is InChI=1S/C32H33FN4O5/c1-2-41-29-12-6-24(7-13-29)21-34(22-25-4-3-5-26(33)20-25)23-30-14-15-31(42-30)32(38)36-18-16-35(17-19-36)27-8-10-28(11-9-27)37(39)40/h3-15,20H,2,16-19,21-23H2,1H3. The molecule has 3 aromatic carbocycles. The van der Waals surface area contributed by atoms with E-state index in [1.165, 1.54) is 24.3 Å². The van der Waals surface area contributed by atoms with Crippen LogP contribution in [0, 0.1) is 15.9 Å².